The fourth-order valence-corrected chi connectivity index (χ4v) is 5.29. The molecule has 0 aromatic heterocycles. The third-order valence-corrected chi connectivity index (χ3v) is 8.21. The number of carbonyl (C=O) groups excluding carboxylic acids is 1. The maximum absolute atomic E-state index is 13.7. The summed E-state index contributed by atoms with van der Waals surface area (Å²) in [4.78, 5) is 15.6. The molecular weight excluding hydrogens is 448 g/mol. The Morgan fingerprint density at radius 3 is 2.29 bits per heavy atom. The van der Waals surface area contributed by atoms with Gasteiger partial charge < -0.3 is 9.64 Å². The molecule has 0 radical (unpaired) electrons. The van der Waals surface area contributed by atoms with Crippen LogP contribution in [0.1, 0.15) is 35.7 Å². The molecule has 4 rings (SSSR count). The summed E-state index contributed by atoms with van der Waals surface area (Å²) >= 11 is 0. The van der Waals surface area contributed by atoms with Crippen LogP contribution in [0.5, 0.6) is 5.75 Å². The molecule has 1 atom stereocenters. The monoisotopic (exact) mass is 478 g/mol. The van der Waals surface area contributed by atoms with Crippen molar-refractivity contribution >= 4 is 21.6 Å². The molecule has 1 aliphatic rings. The standard InChI is InChI=1S/C27H30N2O4S/c1-20(22-14-15-22)29(19-21-12-16-25(33-3)17-13-21)27(30)23-8-7-11-26(18-23)34(31,32)28(2)24-9-5-4-6-10-24/h4-13,16-18,20,22H,14-15,19H2,1-3H3. The van der Waals surface area contributed by atoms with Gasteiger partial charge in [0.1, 0.15) is 5.75 Å². The van der Waals surface area contributed by atoms with E-state index in [4.69, 9.17) is 4.74 Å². The molecule has 1 unspecified atom stereocenters. The zero-order valence-electron chi connectivity index (χ0n) is 19.7. The van der Waals surface area contributed by atoms with E-state index in [1.54, 1.807) is 43.5 Å². The Balaban J connectivity index is 1.62. The molecule has 1 fully saturated rings. The summed E-state index contributed by atoms with van der Waals surface area (Å²) in [7, 11) is -0.676. The molecule has 0 N–H and O–H groups in total. The minimum atomic E-state index is -3.82. The second-order valence-corrected chi connectivity index (χ2v) is 10.7. The van der Waals surface area contributed by atoms with Gasteiger partial charge in [-0.15, -0.1) is 0 Å². The van der Waals surface area contributed by atoms with Gasteiger partial charge in [0.2, 0.25) is 0 Å². The van der Waals surface area contributed by atoms with Crippen LogP contribution in [0.25, 0.3) is 0 Å². The lowest BCUT2D eigenvalue weighted by Crippen LogP contribution is -2.39. The van der Waals surface area contributed by atoms with Crippen LogP contribution < -0.4 is 9.04 Å². The zero-order valence-corrected chi connectivity index (χ0v) is 20.5. The van der Waals surface area contributed by atoms with Gasteiger partial charge in [0.25, 0.3) is 15.9 Å². The molecule has 7 heteroatoms. The SMILES string of the molecule is COc1ccc(CN(C(=O)c2cccc(S(=O)(=O)N(C)c3ccccc3)c2)C(C)C2CC2)cc1. The van der Waals surface area contributed by atoms with Gasteiger partial charge >= 0.3 is 0 Å². The molecule has 6 nitrogen and oxygen atoms in total. The number of hydrogen-bond acceptors (Lipinski definition) is 4. The Hall–Kier alpha value is -3.32. The topological polar surface area (TPSA) is 66.9 Å². The summed E-state index contributed by atoms with van der Waals surface area (Å²) in [6, 6.07) is 22.9. The van der Waals surface area contributed by atoms with E-state index in [2.05, 4.69) is 6.92 Å². The molecule has 3 aromatic rings. The number of ether oxygens (including phenoxy) is 1. The quantitative estimate of drug-likeness (QED) is 0.436. The molecule has 1 amide bonds. The van der Waals surface area contributed by atoms with E-state index in [0.717, 1.165) is 24.2 Å². The van der Waals surface area contributed by atoms with E-state index in [9.17, 15) is 13.2 Å². The first-order chi connectivity index (χ1) is 16.3. The van der Waals surface area contributed by atoms with Crippen molar-refractivity contribution in [2.24, 2.45) is 5.92 Å². The minimum Gasteiger partial charge on any atom is -0.497 e. The Bertz CT molecular complexity index is 1240. The number of carbonyl (C=O) groups is 1. The Morgan fingerprint density at radius 2 is 1.68 bits per heavy atom. The predicted octanol–water partition coefficient (Wildman–Crippen LogP) is 4.96. The number of rotatable bonds is 9. The fraction of sp³-hybridized carbons (Fsp3) is 0.296. The van der Waals surface area contributed by atoms with Crippen molar-refractivity contribution in [1.29, 1.82) is 0 Å². The van der Waals surface area contributed by atoms with Crippen molar-refractivity contribution in [3.05, 3.63) is 90.0 Å². The van der Waals surface area contributed by atoms with E-state index in [1.165, 1.54) is 23.5 Å². The molecule has 0 spiro atoms. The Kier molecular flexibility index (Phi) is 6.93. The molecule has 34 heavy (non-hydrogen) atoms. The number of methoxy groups -OCH3 is 1. The van der Waals surface area contributed by atoms with Crippen LogP contribution in [-0.4, -0.2) is 39.4 Å². The van der Waals surface area contributed by atoms with Gasteiger partial charge in [-0.1, -0.05) is 36.4 Å². The molecular formula is C27H30N2O4S. The van der Waals surface area contributed by atoms with E-state index >= 15 is 0 Å². The van der Waals surface area contributed by atoms with Crippen LogP contribution in [0.4, 0.5) is 5.69 Å². The summed E-state index contributed by atoms with van der Waals surface area (Å²) in [5.74, 6) is 1.06. The number of sulfonamides is 1. The van der Waals surface area contributed by atoms with Crippen LogP contribution in [0.3, 0.4) is 0 Å². The van der Waals surface area contributed by atoms with E-state index in [-0.39, 0.29) is 16.8 Å². The number of para-hydroxylation sites is 1. The Morgan fingerprint density at radius 1 is 1.00 bits per heavy atom. The summed E-state index contributed by atoms with van der Waals surface area (Å²) in [5, 5.41) is 0. The van der Waals surface area contributed by atoms with Gasteiger partial charge in [-0.2, -0.15) is 0 Å². The summed E-state index contributed by atoms with van der Waals surface area (Å²) in [6.07, 6.45) is 2.20. The third kappa shape index (κ3) is 5.09. The van der Waals surface area contributed by atoms with E-state index in [0.29, 0.717) is 23.7 Å². The van der Waals surface area contributed by atoms with Crippen LogP contribution in [0.2, 0.25) is 0 Å². The zero-order chi connectivity index (χ0) is 24.3. The molecule has 178 valence electrons. The number of anilines is 1. The van der Waals surface area contributed by atoms with Crippen molar-refractivity contribution < 1.29 is 17.9 Å². The first-order valence-electron chi connectivity index (χ1n) is 11.4. The van der Waals surface area contributed by atoms with E-state index < -0.39 is 10.0 Å². The first kappa shape index (κ1) is 23.8. The largest absolute Gasteiger partial charge is 0.497 e. The average molecular weight is 479 g/mol. The summed E-state index contributed by atoms with van der Waals surface area (Å²) in [6.45, 7) is 2.52. The molecule has 1 saturated carbocycles. The smallest absolute Gasteiger partial charge is 0.264 e. The fourth-order valence-electron chi connectivity index (χ4n) is 4.05. The lowest BCUT2D eigenvalue weighted by atomic mass is 10.1. The maximum Gasteiger partial charge on any atom is 0.264 e. The highest BCUT2D eigenvalue weighted by Gasteiger charge is 2.35. The van der Waals surface area contributed by atoms with Crippen molar-refractivity contribution in [3.8, 4) is 5.75 Å². The molecule has 0 saturated heterocycles. The number of nitrogens with zero attached hydrogens (tertiary/aromatic N) is 2. The van der Waals surface area contributed by atoms with Crippen LogP contribution in [0, 0.1) is 5.92 Å². The lowest BCUT2D eigenvalue weighted by molar-refractivity contribution is 0.0654. The second-order valence-electron chi connectivity index (χ2n) is 8.70. The molecule has 0 bridgehead atoms. The van der Waals surface area contributed by atoms with E-state index in [1.807, 2.05) is 35.2 Å². The van der Waals surface area contributed by atoms with Gasteiger partial charge in [-0.05, 0) is 73.7 Å². The highest BCUT2D eigenvalue weighted by atomic mass is 32.2. The van der Waals surface area contributed by atoms with Crippen molar-refractivity contribution in [2.45, 2.75) is 37.2 Å². The highest BCUT2D eigenvalue weighted by molar-refractivity contribution is 7.92. The molecule has 0 aliphatic heterocycles. The third-order valence-electron chi connectivity index (χ3n) is 6.43. The lowest BCUT2D eigenvalue weighted by Gasteiger charge is -2.30. The maximum atomic E-state index is 13.7. The summed E-state index contributed by atoms with van der Waals surface area (Å²) in [5.41, 5.74) is 1.92. The number of benzene rings is 3. The number of hydrogen-bond donors (Lipinski definition) is 0. The number of amides is 1. The second kappa shape index (κ2) is 9.89. The normalized spacial score (nSPS) is 14.3. The van der Waals surface area contributed by atoms with Crippen molar-refractivity contribution in [1.82, 2.24) is 4.90 Å². The molecule has 3 aromatic carbocycles. The van der Waals surface area contributed by atoms with Crippen molar-refractivity contribution in [2.75, 3.05) is 18.5 Å². The predicted molar refractivity (Wildman–Crippen MR) is 134 cm³/mol. The van der Waals surface area contributed by atoms with Crippen LogP contribution >= 0.6 is 0 Å². The van der Waals surface area contributed by atoms with Gasteiger partial charge in [0, 0.05) is 25.2 Å². The van der Waals surface area contributed by atoms with Gasteiger partial charge in [0.05, 0.1) is 17.7 Å². The highest BCUT2D eigenvalue weighted by Crippen LogP contribution is 2.36. The van der Waals surface area contributed by atoms with Gasteiger partial charge in [-0.25, -0.2) is 8.42 Å². The van der Waals surface area contributed by atoms with Gasteiger partial charge in [-0.3, -0.25) is 9.10 Å². The van der Waals surface area contributed by atoms with Crippen LogP contribution in [-0.2, 0) is 16.6 Å². The molecule has 1 aliphatic carbocycles. The molecule has 0 heterocycles. The van der Waals surface area contributed by atoms with Crippen molar-refractivity contribution in [3.63, 3.8) is 0 Å². The average Bonchev–Trinajstić information content (AvgIpc) is 3.72. The minimum absolute atomic E-state index is 0.0573. The van der Waals surface area contributed by atoms with Gasteiger partial charge in [0.15, 0.2) is 0 Å². The Labute approximate surface area is 201 Å². The first-order valence-corrected chi connectivity index (χ1v) is 12.8. The summed E-state index contributed by atoms with van der Waals surface area (Å²) < 4.78 is 33.0. The van der Waals surface area contributed by atoms with Crippen LogP contribution in [0.15, 0.2) is 83.8 Å².